The number of rotatable bonds is 8. The van der Waals surface area contributed by atoms with Crippen molar-refractivity contribution >= 4 is 11.9 Å². The first-order valence-electron chi connectivity index (χ1n) is 5.25. The normalized spacial score (nSPS) is 12.6. The van der Waals surface area contributed by atoms with Crippen LogP contribution in [0.15, 0.2) is 12.2 Å². The molecule has 1 atom stereocenters. The maximum Gasteiger partial charge on any atom is 0.331 e. The first-order chi connectivity index (χ1) is 7.56. The first-order valence-corrected chi connectivity index (χ1v) is 5.25. The van der Waals surface area contributed by atoms with Crippen molar-refractivity contribution < 1.29 is 24.2 Å². The third-order valence-corrected chi connectivity index (χ3v) is 1.72. The smallest absolute Gasteiger partial charge is 0.331 e. The molecule has 0 rings (SSSR count). The van der Waals surface area contributed by atoms with Crippen LogP contribution in [0.5, 0.6) is 0 Å². The number of esters is 1. The van der Waals surface area contributed by atoms with Crippen LogP contribution in [0.1, 0.15) is 26.7 Å². The van der Waals surface area contributed by atoms with Crippen molar-refractivity contribution in [3.8, 4) is 0 Å². The fourth-order valence-corrected chi connectivity index (χ4v) is 0.864. The van der Waals surface area contributed by atoms with E-state index < -0.39 is 11.9 Å². The quantitative estimate of drug-likeness (QED) is 0.387. The van der Waals surface area contributed by atoms with Gasteiger partial charge in [0.15, 0.2) is 0 Å². The molecule has 0 heterocycles. The molecule has 1 N–H and O–H groups in total. The molecule has 0 aromatic heterocycles. The van der Waals surface area contributed by atoms with Gasteiger partial charge in [0.2, 0.25) is 0 Å². The maximum atomic E-state index is 11.0. The summed E-state index contributed by atoms with van der Waals surface area (Å²) < 4.78 is 10.1. The Kier molecular flexibility index (Phi) is 8.15. The molecule has 0 aliphatic rings. The van der Waals surface area contributed by atoms with E-state index in [1.54, 1.807) is 6.92 Å². The lowest BCUT2D eigenvalue weighted by Crippen LogP contribution is -2.18. The van der Waals surface area contributed by atoms with E-state index in [0.29, 0.717) is 6.61 Å². The minimum atomic E-state index is -1.18. The second kappa shape index (κ2) is 8.91. The summed E-state index contributed by atoms with van der Waals surface area (Å²) in [6, 6.07) is 0. The molecule has 16 heavy (non-hydrogen) atoms. The Labute approximate surface area is 95.0 Å². The molecule has 0 radical (unpaired) electrons. The number of unbranched alkanes of at least 4 members (excludes halogenated alkanes) is 1. The summed E-state index contributed by atoms with van der Waals surface area (Å²) in [5, 5.41) is 8.26. The highest BCUT2D eigenvalue weighted by Crippen LogP contribution is 1.96. The van der Waals surface area contributed by atoms with Gasteiger partial charge in [0.1, 0.15) is 6.61 Å². The van der Waals surface area contributed by atoms with E-state index in [9.17, 15) is 9.59 Å². The summed E-state index contributed by atoms with van der Waals surface area (Å²) in [7, 11) is 0. The molecule has 0 aliphatic heterocycles. The molecule has 0 bridgehead atoms. The second-order valence-corrected chi connectivity index (χ2v) is 3.34. The van der Waals surface area contributed by atoms with Crippen molar-refractivity contribution in [2.45, 2.75) is 32.8 Å². The van der Waals surface area contributed by atoms with Crippen LogP contribution in [0.3, 0.4) is 0 Å². The third kappa shape index (κ3) is 9.21. The van der Waals surface area contributed by atoms with Gasteiger partial charge in [-0.25, -0.2) is 9.59 Å². The molecule has 0 fully saturated rings. The van der Waals surface area contributed by atoms with Gasteiger partial charge >= 0.3 is 11.9 Å². The summed E-state index contributed by atoms with van der Waals surface area (Å²) in [5.74, 6) is -1.85. The number of carboxylic acids is 1. The number of hydrogen-bond donors (Lipinski definition) is 1. The van der Waals surface area contributed by atoms with Gasteiger partial charge in [0.05, 0.1) is 6.10 Å². The predicted octanol–water partition coefficient (Wildman–Crippen LogP) is 1.38. The highest BCUT2D eigenvalue weighted by atomic mass is 16.6. The van der Waals surface area contributed by atoms with Crippen LogP contribution < -0.4 is 0 Å². The van der Waals surface area contributed by atoms with Gasteiger partial charge in [0.25, 0.3) is 0 Å². The van der Waals surface area contributed by atoms with E-state index in [1.165, 1.54) is 0 Å². The van der Waals surface area contributed by atoms with E-state index in [2.05, 4.69) is 6.92 Å². The minimum Gasteiger partial charge on any atom is -0.478 e. The minimum absolute atomic E-state index is 0.131. The van der Waals surface area contributed by atoms with E-state index >= 15 is 0 Å². The van der Waals surface area contributed by atoms with Gasteiger partial charge in [-0.15, -0.1) is 0 Å². The van der Waals surface area contributed by atoms with Crippen molar-refractivity contribution in [1.29, 1.82) is 0 Å². The van der Waals surface area contributed by atoms with Crippen LogP contribution in [0, 0.1) is 0 Å². The van der Waals surface area contributed by atoms with E-state index in [1.807, 2.05) is 0 Å². The number of hydrogen-bond acceptors (Lipinski definition) is 4. The van der Waals surface area contributed by atoms with Gasteiger partial charge in [-0.05, 0) is 13.3 Å². The number of carbonyl (C=O) groups is 2. The Morgan fingerprint density at radius 3 is 2.62 bits per heavy atom. The molecular formula is C11H18O5. The Hall–Kier alpha value is -1.36. The van der Waals surface area contributed by atoms with Crippen LogP contribution in [0.2, 0.25) is 0 Å². The maximum absolute atomic E-state index is 11.0. The molecule has 0 aliphatic carbocycles. The molecule has 0 spiro atoms. The van der Waals surface area contributed by atoms with Gasteiger partial charge in [-0.3, -0.25) is 0 Å². The van der Waals surface area contributed by atoms with Crippen LogP contribution in [0.25, 0.3) is 0 Å². The molecule has 5 nitrogen and oxygen atoms in total. The Morgan fingerprint density at radius 1 is 1.38 bits per heavy atom. The van der Waals surface area contributed by atoms with E-state index in [-0.39, 0.29) is 12.7 Å². The summed E-state index contributed by atoms with van der Waals surface area (Å²) in [4.78, 5) is 21.1. The highest BCUT2D eigenvalue weighted by Gasteiger charge is 2.05. The second-order valence-electron chi connectivity index (χ2n) is 3.34. The average molecular weight is 230 g/mol. The fourth-order valence-electron chi connectivity index (χ4n) is 0.864. The van der Waals surface area contributed by atoms with Crippen LogP contribution in [0.4, 0.5) is 0 Å². The zero-order valence-electron chi connectivity index (χ0n) is 9.64. The number of aliphatic carboxylic acids is 1. The van der Waals surface area contributed by atoms with Crippen molar-refractivity contribution in [3.05, 3.63) is 12.2 Å². The third-order valence-electron chi connectivity index (χ3n) is 1.72. The van der Waals surface area contributed by atoms with Crippen molar-refractivity contribution in [1.82, 2.24) is 0 Å². The summed E-state index contributed by atoms with van der Waals surface area (Å²) >= 11 is 0. The van der Waals surface area contributed by atoms with Crippen LogP contribution in [-0.4, -0.2) is 36.4 Å². The lowest BCUT2D eigenvalue weighted by molar-refractivity contribution is -0.142. The number of carbonyl (C=O) groups excluding carboxylic acids is 1. The number of ether oxygens (including phenoxy) is 2. The molecule has 0 amide bonds. The monoisotopic (exact) mass is 230 g/mol. The van der Waals surface area contributed by atoms with Gasteiger partial charge in [-0.2, -0.15) is 0 Å². The molecule has 0 aromatic rings. The van der Waals surface area contributed by atoms with Crippen LogP contribution in [-0.2, 0) is 19.1 Å². The zero-order chi connectivity index (χ0) is 12.4. The van der Waals surface area contributed by atoms with Gasteiger partial charge < -0.3 is 14.6 Å². The average Bonchev–Trinajstić information content (AvgIpc) is 2.24. The zero-order valence-corrected chi connectivity index (χ0v) is 9.64. The summed E-state index contributed by atoms with van der Waals surface area (Å²) in [6.45, 7) is 4.63. The SMILES string of the molecule is CCCCOC(C)COC(=O)/C=C/C(=O)O. The summed E-state index contributed by atoms with van der Waals surface area (Å²) in [6.07, 6.45) is 3.46. The van der Waals surface area contributed by atoms with Crippen LogP contribution >= 0.6 is 0 Å². The molecule has 92 valence electrons. The summed E-state index contributed by atoms with van der Waals surface area (Å²) in [5.41, 5.74) is 0. The van der Waals surface area contributed by atoms with Crippen molar-refractivity contribution in [2.24, 2.45) is 0 Å². The predicted molar refractivity (Wildman–Crippen MR) is 58.1 cm³/mol. The lowest BCUT2D eigenvalue weighted by Gasteiger charge is -2.12. The first kappa shape index (κ1) is 14.6. The lowest BCUT2D eigenvalue weighted by atomic mass is 10.3. The Morgan fingerprint density at radius 2 is 2.06 bits per heavy atom. The largest absolute Gasteiger partial charge is 0.478 e. The fraction of sp³-hybridized carbons (Fsp3) is 0.636. The Balaban J connectivity index is 3.62. The van der Waals surface area contributed by atoms with E-state index in [0.717, 1.165) is 25.0 Å². The molecular weight excluding hydrogens is 212 g/mol. The molecule has 5 heteroatoms. The van der Waals surface area contributed by atoms with E-state index in [4.69, 9.17) is 14.6 Å². The highest BCUT2D eigenvalue weighted by molar-refractivity contribution is 5.90. The number of carboxylic acid groups (broad SMARTS) is 1. The van der Waals surface area contributed by atoms with Crippen molar-refractivity contribution in [2.75, 3.05) is 13.2 Å². The van der Waals surface area contributed by atoms with Gasteiger partial charge in [-0.1, -0.05) is 13.3 Å². The Bertz CT molecular complexity index is 247. The van der Waals surface area contributed by atoms with Gasteiger partial charge in [0, 0.05) is 18.8 Å². The molecule has 0 saturated carbocycles. The molecule has 1 unspecified atom stereocenters. The topological polar surface area (TPSA) is 72.8 Å². The van der Waals surface area contributed by atoms with Crippen molar-refractivity contribution in [3.63, 3.8) is 0 Å². The molecule has 0 aromatic carbocycles. The standard InChI is InChI=1S/C11H18O5/c1-3-4-7-15-9(2)8-16-11(14)6-5-10(12)13/h5-6,9H,3-4,7-8H2,1-2H3,(H,12,13)/b6-5+. The molecule has 0 saturated heterocycles.